The van der Waals surface area contributed by atoms with Gasteiger partial charge in [0.1, 0.15) is 0 Å². The van der Waals surface area contributed by atoms with Crippen LogP contribution in [0.15, 0.2) is 24.3 Å². The molecule has 0 saturated heterocycles. The van der Waals surface area contributed by atoms with E-state index in [-0.39, 0.29) is 6.54 Å². The molecule has 2 rings (SSSR count). The quantitative estimate of drug-likeness (QED) is 0.704. The lowest BCUT2D eigenvalue weighted by molar-refractivity contribution is -0.156. The fourth-order valence-corrected chi connectivity index (χ4v) is 2.11. The second-order valence-corrected chi connectivity index (χ2v) is 4.81. The predicted molar refractivity (Wildman–Crippen MR) is 64.0 cm³/mol. The van der Waals surface area contributed by atoms with E-state index in [9.17, 15) is 9.90 Å². The third-order valence-corrected chi connectivity index (χ3v) is 3.28. The van der Waals surface area contributed by atoms with Gasteiger partial charge in [-0.15, -0.1) is 0 Å². The van der Waals surface area contributed by atoms with Gasteiger partial charge in [-0.25, -0.2) is 4.79 Å². The molecule has 92 valence electrons. The van der Waals surface area contributed by atoms with Crippen LogP contribution in [0.4, 0.5) is 0 Å². The van der Waals surface area contributed by atoms with Crippen molar-refractivity contribution in [1.82, 2.24) is 5.32 Å². The van der Waals surface area contributed by atoms with Crippen LogP contribution in [0.25, 0.3) is 0 Å². The summed E-state index contributed by atoms with van der Waals surface area (Å²) in [5.74, 6) is -0.755. The number of nitrogens with one attached hydrogen (secondary N) is 1. The van der Waals surface area contributed by atoms with Crippen LogP contribution in [0.3, 0.4) is 0 Å². The Bertz CT molecular complexity index is 428. The molecule has 0 saturated carbocycles. The van der Waals surface area contributed by atoms with Gasteiger partial charge in [0.15, 0.2) is 5.60 Å². The van der Waals surface area contributed by atoms with Gasteiger partial charge < -0.3 is 15.5 Å². The lowest BCUT2D eigenvalue weighted by Gasteiger charge is -2.31. The molecule has 0 aliphatic heterocycles. The fraction of sp³-hybridized carbons (Fsp3) is 0.462. The molecule has 0 amide bonds. The van der Waals surface area contributed by atoms with Crippen molar-refractivity contribution in [3.8, 4) is 0 Å². The molecule has 1 aromatic rings. The molecule has 1 aromatic carbocycles. The van der Waals surface area contributed by atoms with Crippen molar-refractivity contribution < 1.29 is 15.0 Å². The van der Waals surface area contributed by atoms with Gasteiger partial charge in [0, 0.05) is 19.0 Å². The summed E-state index contributed by atoms with van der Waals surface area (Å²) >= 11 is 0. The molecule has 1 aliphatic rings. The number of carboxylic acid groups (broad SMARTS) is 1. The minimum absolute atomic E-state index is 0.0704. The molecule has 0 bridgehead atoms. The van der Waals surface area contributed by atoms with Crippen molar-refractivity contribution in [2.24, 2.45) is 0 Å². The van der Waals surface area contributed by atoms with Gasteiger partial charge in [0.25, 0.3) is 0 Å². The zero-order valence-electron chi connectivity index (χ0n) is 9.81. The Balaban J connectivity index is 1.81. The zero-order valence-corrected chi connectivity index (χ0v) is 9.81. The summed E-state index contributed by atoms with van der Waals surface area (Å²) in [6.07, 6.45) is 1.03. The smallest absolute Gasteiger partial charge is 0.336 e. The molecule has 0 aromatic heterocycles. The van der Waals surface area contributed by atoms with Crippen LogP contribution in [-0.4, -0.2) is 34.9 Å². The second kappa shape index (κ2) is 4.47. The van der Waals surface area contributed by atoms with Crippen LogP contribution >= 0.6 is 0 Å². The van der Waals surface area contributed by atoms with Crippen LogP contribution < -0.4 is 5.32 Å². The first-order valence-corrected chi connectivity index (χ1v) is 5.75. The van der Waals surface area contributed by atoms with E-state index in [2.05, 4.69) is 17.4 Å². The SMILES string of the molecule is CC(O)(CNCC1Cc2ccccc21)C(=O)O. The van der Waals surface area contributed by atoms with Crippen molar-refractivity contribution in [3.63, 3.8) is 0 Å². The average Bonchev–Trinajstić information content (AvgIpc) is 2.24. The number of fused-ring (bicyclic) bond motifs is 1. The largest absolute Gasteiger partial charge is 0.479 e. The van der Waals surface area contributed by atoms with Gasteiger partial charge in [0.2, 0.25) is 0 Å². The van der Waals surface area contributed by atoms with Crippen molar-refractivity contribution in [1.29, 1.82) is 0 Å². The summed E-state index contributed by atoms with van der Waals surface area (Å²) in [4.78, 5) is 10.7. The Kier molecular flexibility index (Phi) is 3.17. The highest BCUT2D eigenvalue weighted by Gasteiger charge is 2.31. The minimum Gasteiger partial charge on any atom is -0.479 e. The van der Waals surface area contributed by atoms with E-state index >= 15 is 0 Å². The summed E-state index contributed by atoms with van der Waals surface area (Å²) < 4.78 is 0. The molecule has 2 unspecified atom stereocenters. The fourth-order valence-electron chi connectivity index (χ4n) is 2.11. The molecule has 0 spiro atoms. The van der Waals surface area contributed by atoms with E-state index in [1.54, 1.807) is 0 Å². The van der Waals surface area contributed by atoms with E-state index in [1.807, 2.05) is 12.1 Å². The molecule has 2 atom stereocenters. The number of aliphatic carboxylic acids is 1. The van der Waals surface area contributed by atoms with Crippen molar-refractivity contribution in [3.05, 3.63) is 35.4 Å². The number of hydrogen-bond acceptors (Lipinski definition) is 3. The molecule has 1 aliphatic carbocycles. The van der Waals surface area contributed by atoms with Crippen molar-refractivity contribution >= 4 is 5.97 Å². The van der Waals surface area contributed by atoms with Gasteiger partial charge in [-0.1, -0.05) is 24.3 Å². The number of carbonyl (C=O) groups is 1. The molecule has 4 heteroatoms. The number of benzene rings is 1. The van der Waals surface area contributed by atoms with Crippen LogP contribution in [0.5, 0.6) is 0 Å². The highest BCUT2D eigenvalue weighted by molar-refractivity contribution is 5.76. The summed E-state index contributed by atoms with van der Waals surface area (Å²) in [5.41, 5.74) is 1.00. The number of rotatable bonds is 5. The maximum atomic E-state index is 10.7. The van der Waals surface area contributed by atoms with E-state index in [0.717, 1.165) is 6.42 Å². The van der Waals surface area contributed by atoms with Crippen LogP contribution in [0, 0.1) is 0 Å². The molecule has 4 nitrogen and oxygen atoms in total. The van der Waals surface area contributed by atoms with Gasteiger partial charge in [0.05, 0.1) is 0 Å². The third kappa shape index (κ3) is 2.48. The predicted octanol–water partition coefficient (Wildman–Crippen LogP) is 0.752. The van der Waals surface area contributed by atoms with Crippen LogP contribution in [-0.2, 0) is 11.2 Å². The van der Waals surface area contributed by atoms with Crippen LogP contribution in [0.2, 0.25) is 0 Å². The van der Waals surface area contributed by atoms with E-state index in [4.69, 9.17) is 5.11 Å². The monoisotopic (exact) mass is 235 g/mol. The van der Waals surface area contributed by atoms with Crippen molar-refractivity contribution in [2.75, 3.05) is 13.1 Å². The summed E-state index contributed by atoms with van der Waals surface area (Å²) in [6, 6.07) is 8.25. The lowest BCUT2D eigenvalue weighted by Crippen LogP contribution is -2.46. The summed E-state index contributed by atoms with van der Waals surface area (Å²) in [5, 5.41) is 21.3. The topological polar surface area (TPSA) is 69.6 Å². The van der Waals surface area contributed by atoms with Crippen LogP contribution in [0.1, 0.15) is 24.0 Å². The highest BCUT2D eigenvalue weighted by Crippen LogP contribution is 2.33. The molecule has 17 heavy (non-hydrogen) atoms. The molecule has 0 fully saturated rings. The average molecular weight is 235 g/mol. The maximum Gasteiger partial charge on any atom is 0.336 e. The Hall–Kier alpha value is -1.39. The zero-order chi connectivity index (χ0) is 12.5. The Labute approximate surface area is 100 Å². The Morgan fingerprint density at radius 2 is 2.24 bits per heavy atom. The van der Waals surface area contributed by atoms with E-state index in [1.165, 1.54) is 18.1 Å². The van der Waals surface area contributed by atoms with Gasteiger partial charge in [-0.2, -0.15) is 0 Å². The highest BCUT2D eigenvalue weighted by atomic mass is 16.4. The number of hydrogen-bond donors (Lipinski definition) is 3. The van der Waals surface area contributed by atoms with Gasteiger partial charge >= 0.3 is 5.97 Å². The Morgan fingerprint density at radius 3 is 2.88 bits per heavy atom. The standard InChI is InChI=1S/C13H17NO3/c1-13(17,12(15)16)8-14-7-10-6-9-4-2-3-5-11(9)10/h2-5,10,14,17H,6-8H2,1H3,(H,15,16). The molecule has 0 radical (unpaired) electrons. The number of carboxylic acids is 1. The molecular formula is C13H17NO3. The third-order valence-electron chi connectivity index (χ3n) is 3.28. The first-order chi connectivity index (χ1) is 8.00. The molecular weight excluding hydrogens is 218 g/mol. The maximum absolute atomic E-state index is 10.7. The lowest BCUT2D eigenvalue weighted by atomic mass is 9.77. The number of aliphatic hydroxyl groups is 1. The second-order valence-electron chi connectivity index (χ2n) is 4.81. The van der Waals surface area contributed by atoms with Gasteiger partial charge in [-0.3, -0.25) is 0 Å². The molecule has 0 heterocycles. The first-order valence-electron chi connectivity index (χ1n) is 5.75. The van der Waals surface area contributed by atoms with E-state index in [0.29, 0.717) is 12.5 Å². The van der Waals surface area contributed by atoms with Gasteiger partial charge in [-0.05, 0) is 24.5 Å². The Morgan fingerprint density at radius 1 is 1.53 bits per heavy atom. The molecule has 3 N–H and O–H groups in total. The van der Waals surface area contributed by atoms with Crippen molar-refractivity contribution in [2.45, 2.75) is 24.9 Å². The normalized spacial score (nSPS) is 21.2. The summed E-state index contributed by atoms with van der Waals surface area (Å²) in [6.45, 7) is 2.08. The minimum atomic E-state index is -1.69. The summed E-state index contributed by atoms with van der Waals surface area (Å²) in [7, 11) is 0. The first kappa shape index (κ1) is 12.1. The van der Waals surface area contributed by atoms with E-state index < -0.39 is 11.6 Å².